The van der Waals surface area contributed by atoms with Crippen molar-refractivity contribution >= 4 is 5.78 Å². The summed E-state index contributed by atoms with van der Waals surface area (Å²) in [6, 6.07) is 0.211. The lowest BCUT2D eigenvalue weighted by atomic mass is 9.92. The molecule has 2 nitrogen and oxygen atoms in total. The first-order valence-corrected chi connectivity index (χ1v) is 4.62. The van der Waals surface area contributed by atoms with E-state index in [1.807, 2.05) is 0 Å². The molecule has 0 radical (unpaired) electrons. The van der Waals surface area contributed by atoms with Crippen LogP contribution in [0, 0.1) is 5.92 Å². The standard InChI is InChI=1S/C9H15NO/c11-9-5-4-7-2-1-3-8(9)10-6-7/h7-8,10H,1-6H2. The maximum atomic E-state index is 11.4. The molecule has 0 saturated carbocycles. The second-order valence-corrected chi connectivity index (χ2v) is 3.76. The maximum absolute atomic E-state index is 11.4. The number of carbonyl (C=O) groups is 1. The number of fused-ring (bicyclic) bond motifs is 3. The fourth-order valence-electron chi connectivity index (χ4n) is 2.17. The molecule has 2 saturated heterocycles. The van der Waals surface area contributed by atoms with Gasteiger partial charge in [-0.15, -0.1) is 0 Å². The van der Waals surface area contributed by atoms with Gasteiger partial charge in [0.15, 0.2) is 0 Å². The van der Waals surface area contributed by atoms with Crippen molar-refractivity contribution in [3.63, 3.8) is 0 Å². The molecule has 0 aromatic rings. The molecule has 2 aliphatic heterocycles. The van der Waals surface area contributed by atoms with Gasteiger partial charge in [0.1, 0.15) is 5.78 Å². The van der Waals surface area contributed by atoms with Gasteiger partial charge in [0.2, 0.25) is 0 Å². The lowest BCUT2D eigenvalue weighted by molar-refractivity contribution is -0.121. The van der Waals surface area contributed by atoms with E-state index in [-0.39, 0.29) is 6.04 Å². The molecule has 2 heteroatoms. The third kappa shape index (κ3) is 1.45. The highest BCUT2D eigenvalue weighted by Crippen LogP contribution is 2.24. The van der Waals surface area contributed by atoms with Gasteiger partial charge in [-0.05, 0) is 31.7 Å². The number of nitrogens with one attached hydrogen (secondary N) is 1. The maximum Gasteiger partial charge on any atom is 0.149 e. The molecule has 0 aromatic heterocycles. The summed E-state index contributed by atoms with van der Waals surface area (Å²) in [7, 11) is 0. The number of carbonyl (C=O) groups excluding carboxylic acids is 1. The number of ketones is 1. The molecule has 62 valence electrons. The first-order chi connectivity index (χ1) is 5.36. The molecule has 0 aliphatic carbocycles. The summed E-state index contributed by atoms with van der Waals surface area (Å²) in [6.07, 6.45) is 5.60. The number of rotatable bonds is 0. The van der Waals surface area contributed by atoms with Gasteiger partial charge >= 0.3 is 0 Å². The van der Waals surface area contributed by atoms with E-state index in [2.05, 4.69) is 5.32 Å². The Labute approximate surface area is 67.4 Å². The summed E-state index contributed by atoms with van der Waals surface area (Å²) in [6.45, 7) is 1.08. The predicted molar refractivity (Wildman–Crippen MR) is 43.4 cm³/mol. The van der Waals surface area contributed by atoms with Crippen LogP contribution in [0.25, 0.3) is 0 Å². The highest BCUT2D eigenvalue weighted by atomic mass is 16.1. The van der Waals surface area contributed by atoms with Crippen LogP contribution < -0.4 is 5.32 Å². The molecule has 0 spiro atoms. The minimum atomic E-state index is 0.211. The van der Waals surface area contributed by atoms with Gasteiger partial charge in [-0.1, -0.05) is 6.42 Å². The van der Waals surface area contributed by atoms with Crippen LogP contribution in [0.1, 0.15) is 32.1 Å². The molecule has 0 amide bonds. The Hall–Kier alpha value is -0.370. The van der Waals surface area contributed by atoms with Crippen LogP contribution in [0.5, 0.6) is 0 Å². The van der Waals surface area contributed by atoms with Gasteiger partial charge in [-0.25, -0.2) is 0 Å². The van der Waals surface area contributed by atoms with Crippen molar-refractivity contribution in [1.82, 2.24) is 5.32 Å². The van der Waals surface area contributed by atoms with Crippen LogP contribution in [-0.4, -0.2) is 18.4 Å². The first kappa shape index (κ1) is 7.29. The van der Waals surface area contributed by atoms with Gasteiger partial charge in [-0.3, -0.25) is 4.79 Å². The molecule has 0 aromatic carbocycles. The minimum absolute atomic E-state index is 0.211. The molecule has 2 rings (SSSR count). The van der Waals surface area contributed by atoms with Gasteiger partial charge in [0.05, 0.1) is 6.04 Å². The Morgan fingerprint density at radius 1 is 1.27 bits per heavy atom. The Balaban J connectivity index is 2.11. The number of Topliss-reactive ketones (excluding diaryl/α,β-unsaturated/α-hetero) is 1. The molecule has 2 heterocycles. The number of hydrogen-bond acceptors (Lipinski definition) is 2. The van der Waals surface area contributed by atoms with Crippen molar-refractivity contribution in [2.75, 3.05) is 6.54 Å². The van der Waals surface area contributed by atoms with E-state index in [9.17, 15) is 4.79 Å². The zero-order valence-electron chi connectivity index (χ0n) is 6.81. The van der Waals surface area contributed by atoms with Crippen molar-refractivity contribution in [2.45, 2.75) is 38.1 Å². The predicted octanol–water partition coefficient (Wildman–Crippen LogP) is 1.11. The van der Waals surface area contributed by atoms with Gasteiger partial charge in [-0.2, -0.15) is 0 Å². The second-order valence-electron chi connectivity index (χ2n) is 3.76. The van der Waals surface area contributed by atoms with Crippen LogP contribution in [-0.2, 0) is 4.79 Å². The van der Waals surface area contributed by atoms with E-state index in [0.717, 1.165) is 31.7 Å². The normalized spacial score (nSPS) is 38.4. The quantitative estimate of drug-likeness (QED) is 0.564. The summed E-state index contributed by atoms with van der Waals surface area (Å²) in [5.74, 6) is 1.23. The third-order valence-corrected chi connectivity index (χ3v) is 2.95. The van der Waals surface area contributed by atoms with E-state index in [4.69, 9.17) is 0 Å². The van der Waals surface area contributed by atoms with Crippen molar-refractivity contribution < 1.29 is 4.79 Å². The molecule has 11 heavy (non-hydrogen) atoms. The van der Waals surface area contributed by atoms with Crippen LogP contribution >= 0.6 is 0 Å². The highest BCUT2D eigenvalue weighted by molar-refractivity contribution is 5.84. The summed E-state index contributed by atoms with van der Waals surface area (Å²) >= 11 is 0. The summed E-state index contributed by atoms with van der Waals surface area (Å²) in [5.41, 5.74) is 0. The first-order valence-electron chi connectivity index (χ1n) is 4.62. The van der Waals surface area contributed by atoms with Gasteiger partial charge in [0, 0.05) is 6.42 Å². The molecular weight excluding hydrogens is 138 g/mol. The molecule has 2 aliphatic rings. The highest BCUT2D eigenvalue weighted by Gasteiger charge is 2.27. The van der Waals surface area contributed by atoms with E-state index < -0.39 is 0 Å². The monoisotopic (exact) mass is 153 g/mol. The fourth-order valence-corrected chi connectivity index (χ4v) is 2.17. The third-order valence-electron chi connectivity index (χ3n) is 2.95. The van der Waals surface area contributed by atoms with Crippen molar-refractivity contribution in [3.05, 3.63) is 0 Å². The van der Waals surface area contributed by atoms with Crippen LogP contribution in [0.3, 0.4) is 0 Å². The minimum Gasteiger partial charge on any atom is -0.307 e. The van der Waals surface area contributed by atoms with E-state index >= 15 is 0 Å². The number of hydrogen-bond donors (Lipinski definition) is 1. The lowest BCUT2D eigenvalue weighted by Gasteiger charge is -2.12. The Bertz CT molecular complexity index is 167. The Kier molecular flexibility index (Phi) is 1.95. The summed E-state index contributed by atoms with van der Waals surface area (Å²) in [5, 5.41) is 3.34. The van der Waals surface area contributed by atoms with Crippen molar-refractivity contribution in [3.8, 4) is 0 Å². The zero-order chi connectivity index (χ0) is 7.68. The van der Waals surface area contributed by atoms with Crippen LogP contribution in [0.15, 0.2) is 0 Å². The molecule has 2 fully saturated rings. The van der Waals surface area contributed by atoms with E-state index in [0.29, 0.717) is 5.78 Å². The van der Waals surface area contributed by atoms with E-state index in [1.54, 1.807) is 0 Å². The summed E-state index contributed by atoms with van der Waals surface area (Å²) < 4.78 is 0. The van der Waals surface area contributed by atoms with Gasteiger partial charge < -0.3 is 5.32 Å². The average Bonchev–Trinajstić information content (AvgIpc) is 2.29. The zero-order valence-corrected chi connectivity index (χ0v) is 6.81. The average molecular weight is 153 g/mol. The van der Waals surface area contributed by atoms with E-state index in [1.165, 1.54) is 12.8 Å². The molecule has 2 atom stereocenters. The van der Waals surface area contributed by atoms with Crippen molar-refractivity contribution in [2.24, 2.45) is 5.92 Å². The molecule has 2 unspecified atom stereocenters. The smallest absolute Gasteiger partial charge is 0.149 e. The second kappa shape index (κ2) is 2.94. The van der Waals surface area contributed by atoms with Crippen LogP contribution in [0.4, 0.5) is 0 Å². The molecular formula is C9H15NO. The van der Waals surface area contributed by atoms with Crippen molar-refractivity contribution in [1.29, 1.82) is 0 Å². The SMILES string of the molecule is O=C1CCC2CCCC1NC2. The van der Waals surface area contributed by atoms with Crippen LogP contribution in [0.2, 0.25) is 0 Å². The lowest BCUT2D eigenvalue weighted by Crippen LogP contribution is -2.34. The van der Waals surface area contributed by atoms with Gasteiger partial charge in [0.25, 0.3) is 0 Å². The molecule has 1 N–H and O–H groups in total. The topological polar surface area (TPSA) is 29.1 Å². The Morgan fingerprint density at radius 2 is 2.18 bits per heavy atom. The molecule has 2 bridgehead atoms. The largest absolute Gasteiger partial charge is 0.307 e. The summed E-state index contributed by atoms with van der Waals surface area (Å²) in [4.78, 5) is 11.4. The Morgan fingerprint density at radius 3 is 3.09 bits per heavy atom. The fraction of sp³-hybridized carbons (Fsp3) is 0.889.